The molecule has 1 rings (SSSR count). The number of nitrogens with zero attached hydrogens (tertiary/aromatic N) is 1. The van der Waals surface area contributed by atoms with E-state index < -0.39 is 23.7 Å². The van der Waals surface area contributed by atoms with Crippen molar-refractivity contribution in [1.82, 2.24) is 5.32 Å². The minimum absolute atomic E-state index is 0.0327. The monoisotopic (exact) mass is 279 g/mol. The molecule has 0 aromatic heterocycles. The molecule has 0 saturated heterocycles. The number of carbonyl (C=O) groups is 2. The number of rotatable bonds is 5. The van der Waals surface area contributed by atoms with Crippen molar-refractivity contribution in [3.63, 3.8) is 0 Å². The van der Waals surface area contributed by atoms with Crippen LogP contribution in [-0.4, -0.2) is 31.6 Å². The molecule has 0 radical (unpaired) electrons. The van der Waals surface area contributed by atoms with E-state index in [-0.39, 0.29) is 17.8 Å². The average molecular weight is 279 g/mol. The second-order valence-electron chi connectivity index (χ2n) is 3.96. The van der Waals surface area contributed by atoms with Gasteiger partial charge in [-0.25, -0.2) is 9.18 Å². The third-order valence-corrected chi connectivity index (χ3v) is 2.46. The van der Waals surface area contributed by atoms with Crippen LogP contribution in [-0.2, 0) is 14.3 Å². The Morgan fingerprint density at radius 3 is 2.70 bits per heavy atom. The van der Waals surface area contributed by atoms with Crippen LogP contribution >= 0.6 is 0 Å². The van der Waals surface area contributed by atoms with E-state index in [4.69, 9.17) is 5.26 Å². The highest BCUT2D eigenvalue weighted by Crippen LogP contribution is 2.15. The first-order chi connectivity index (χ1) is 9.47. The van der Waals surface area contributed by atoms with Gasteiger partial charge >= 0.3 is 5.97 Å². The quantitative estimate of drug-likeness (QED) is 0.777. The van der Waals surface area contributed by atoms with Crippen molar-refractivity contribution in [3.05, 3.63) is 29.6 Å². The summed E-state index contributed by atoms with van der Waals surface area (Å²) in [6, 6.07) is 4.79. The van der Waals surface area contributed by atoms with E-state index in [0.717, 1.165) is 6.07 Å². The lowest BCUT2D eigenvalue weighted by molar-refractivity contribution is -0.144. The number of benzene rings is 1. The zero-order valence-corrected chi connectivity index (χ0v) is 11.1. The van der Waals surface area contributed by atoms with Gasteiger partial charge in [0.2, 0.25) is 5.91 Å². The summed E-state index contributed by atoms with van der Waals surface area (Å²) in [6.07, 6.45) is 0. The number of carbonyl (C=O) groups excluding carboxylic acids is 2. The summed E-state index contributed by atoms with van der Waals surface area (Å²) in [4.78, 5) is 22.4. The SMILES string of the molecule is COC(=O)C(CNc1ccc(C#N)cc1F)NC(C)=O. The molecular formula is C13H14FN3O3. The van der Waals surface area contributed by atoms with Crippen molar-refractivity contribution in [2.24, 2.45) is 0 Å². The molecule has 6 nitrogen and oxygen atoms in total. The number of ether oxygens (including phenoxy) is 1. The lowest BCUT2D eigenvalue weighted by Crippen LogP contribution is -2.45. The summed E-state index contributed by atoms with van der Waals surface area (Å²) >= 11 is 0. The van der Waals surface area contributed by atoms with Crippen LogP contribution in [0.3, 0.4) is 0 Å². The van der Waals surface area contributed by atoms with Crippen LogP contribution in [0.25, 0.3) is 0 Å². The number of nitriles is 1. The number of esters is 1. The van der Waals surface area contributed by atoms with E-state index in [9.17, 15) is 14.0 Å². The highest BCUT2D eigenvalue weighted by molar-refractivity contribution is 5.83. The molecule has 1 aromatic rings. The Morgan fingerprint density at radius 1 is 1.50 bits per heavy atom. The molecule has 0 aliphatic heterocycles. The lowest BCUT2D eigenvalue weighted by Gasteiger charge is -2.17. The maximum atomic E-state index is 13.6. The van der Waals surface area contributed by atoms with Gasteiger partial charge < -0.3 is 15.4 Å². The fourth-order valence-corrected chi connectivity index (χ4v) is 1.52. The fraction of sp³-hybridized carbons (Fsp3) is 0.308. The highest BCUT2D eigenvalue weighted by atomic mass is 19.1. The second-order valence-corrected chi connectivity index (χ2v) is 3.96. The summed E-state index contributed by atoms with van der Waals surface area (Å²) in [5, 5.41) is 13.7. The van der Waals surface area contributed by atoms with Gasteiger partial charge in [-0.05, 0) is 18.2 Å². The molecule has 0 bridgehead atoms. The number of hydrogen-bond donors (Lipinski definition) is 2. The molecule has 1 amide bonds. The minimum atomic E-state index is -0.924. The van der Waals surface area contributed by atoms with E-state index >= 15 is 0 Å². The van der Waals surface area contributed by atoms with E-state index in [0.29, 0.717) is 0 Å². The van der Waals surface area contributed by atoms with Gasteiger partial charge in [0.25, 0.3) is 0 Å². The minimum Gasteiger partial charge on any atom is -0.467 e. The first-order valence-corrected chi connectivity index (χ1v) is 5.76. The van der Waals surface area contributed by atoms with Crippen LogP contribution in [0.4, 0.5) is 10.1 Å². The second kappa shape index (κ2) is 7.09. The molecule has 20 heavy (non-hydrogen) atoms. The molecule has 0 heterocycles. The smallest absolute Gasteiger partial charge is 0.330 e. The van der Waals surface area contributed by atoms with Crippen LogP contribution < -0.4 is 10.6 Å². The van der Waals surface area contributed by atoms with E-state index in [1.54, 1.807) is 0 Å². The van der Waals surface area contributed by atoms with Gasteiger partial charge in [0, 0.05) is 13.5 Å². The van der Waals surface area contributed by atoms with Crippen molar-refractivity contribution in [3.8, 4) is 6.07 Å². The van der Waals surface area contributed by atoms with E-state index in [1.165, 1.54) is 26.2 Å². The summed E-state index contributed by atoms with van der Waals surface area (Å²) in [6.45, 7) is 1.23. The standard InChI is InChI=1S/C13H14FN3O3/c1-8(18)17-12(13(19)20-2)7-16-11-4-3-9(6-15)5-10(11)14/h3-5,12,16H,7H2,1-2H3,(H,17,18). The van der Waals surface area contributed by atoms with Crippen LogP contribution in [0.1, 0.15) is 12.5 Å². The Balaban J connectivity index is 2.74. The van der Waals surface area contributed by atoms with Crippen LogP contribution in [0.5, 0.6) is 0 Å². The maximum absolute atomic E-state index is 13.6. The molecule has 0 aliphatic carbocycles. The highest BCUT2D eigenvalue weighted by Gasteiger charge is 2.20. The zero-order chi connectivity index (χ0) is 15.1. The molecule has 0 spiro atoms. The van der Waals surface area contributed by atoms with Crippen LogP contribution in [0.2, 0.25) is 0 Å². The predicted octanol–water partition coefficient (Wildman–Crippen LogP) is 0.787. The molecule has 0 fully saturated rings. The molecular weight excluding hydrogens is 265 g/mol. The first-order valence-electron chi connectivity index (χ1n) is 5.76. The number of methoxy groups -OCH3 is 1. The molecule has 0 aliphatic rings. The van der Waals surface area contributed by atoms with Gasteiger partial charge in [-0.15, -0.1) is 0 Å². The topological polar surface area (TPSA) is 91.2 Å². The number of halogens is 1. The third-order valence-electron chi connectivity index (χ3n) is 2.46. The number of hydrogen-bond acceptors (Lipinski definition) is 5. The molecule has 1 aromatic carbocycles. The molecule has 0 saturated carbocycles. The molecule has 106 valence electrons. The van der Waals surface area contributed by atoms with Gasteiger partial charge in [-0.1, -0.05) is 0 Å². The summed E-state index contributed by atoms with van der Waals surface area (Å²) in [5.74, 6) is -1.65. The van der Waals surface area contributed by atoms with Crippen molar-refractivity contribution in [2.75, 3.05) is 19.0 Å². The molecule has 2 N–H and O–H groups in total. The summed E-state index contributed by atoms with van der Waals surface area (Å²) in [7, 11) is 1.19. The summed E-state index contributed by atoms with van der Waals surface area (Å²) in [5.41, 5.74) is 0.322. The number of anilines is 1. The maximum Gasteiger partial charge on any atom is 0.330 e. The van der Waals surface area contributed by atoms with Gasteiger partial charge in [0.15, 0.2) is 0 Å². The largest absolute Gasteiger partial charge is 0.467 e. The number of nitrogens with one attached hydrogen (secondary N) is 2. The van der Waals surface area contributed by atoms with Gasteiger partial charge in [-0.3, -0.25) is 4.79 Å². The fourth-order valence-electron chi connectivity index (χ4n) is 1.52. The molecule has 1 unspecified atom stereocenters. The van der Waals surface area contributed by atoms with Crippen LogP contribution in [0, 0.1) is 17.1 Å². The zero-order valence-electron chi connectivity index (χ0n) is 11.1. The van der Waals surface area contributed by atoms with Gasteiger partial charge in [0.1, 0.15) is 11.9 Å². The average Bonchev–Trinajstić information content (AvgIpc) is 2.43. The Bertz CT molecular complexity index is 554. The van der Waals surface area contributed by atoms with Crippen LogP contribution in [0.15, 0.2) is 18.2 Å². The predicted molar refractivity (Wildman–Crippen MR) is 69.2 cm³/mol. The van der Waals surface area contributed by atoms with Crippen molar-refractivity contribution < 1.29 is 18.7 Å². The Hall–Kier alpha value is -2.62. The van der Waals surface area contributed by atoms with Crippen molar-refractivity contribution in [2.45, 2.75) is 13.0 Å². The molecule has 1 atom stereocenters. The normalized spacial score (nSPS) is 11.1. The molecule has 7 heteroatoms. The van der Waals surface area contributed by atoms with E-state index in [1.807, 2.05) is 6.07 Å². The lowest BCUT2D eigenvalue weighted by atomic mass is 10.2. The Labute approximate surface area is 115 Å². The Morgan fingerprint density at radius 2 is 2.20 bits per heavy atom. The Kier molecular flexibility index (Phi) is 5.47. The van der Waals surface area contributed by atoms with Gasteiger partial charge in [-0.2, -0.15) is 5.26 Å². The van der Waals surface area contributed by atoms with Crippen molar-refractivity contribution in [1.29, 1.82) is 5.26 Å². The van der Waals surface area contributed by atoms with E-state index in [2.05, 4.69) is 15.4 Å². The third kappa shape index (κ3) is 4.24. The number of amides is 1. The van der Waals surface area contributed by atoms with Gasteiger partial charge in [0.05, 0.1) is 24.4 Å². The first kappa shape index (κ1) is 15.4. The summed E-state index contributed by atoms with van der Waals surface area (Å²) < 4.78 is 18.2. The van der Waals surface area contributed by atoms with Crippen molar-refractivity contribution >= 4 is 17.6 Å².